The molecule has 1 saturated heterocycles. The van der Waals surface area contributed by atoms with E-state index in [1.54, 1.807) is 12.0 Å². The van der Waals surface area contributed by atoms with Crippen molar-refractivity contribution in [3.63, 3.8) is 0 Å². The molecule has 0 bridgehead atoms. The van der Waals surface area contributed by atoms with Crippen molar-refractivity contribution in [3.8, 4) is 5.75 Å². The standard InChI is InChI=1S/C28H27N3O3/c1-34-25-9-5-8-21(15-25)17-31-24(14-20-6-3-2-4-7-20)18-30(19-27(31)32)28(33)23-10-11-26-22(16-23)12-13-29-26/h2-13,15-16,24,29H,14,17-19H2,1H3/t24-/m0/s1. The molecule has 34 heavy (non-hydrogen) atoms. The Bertz CT molecular complexity index is 1310. The van der Waals surface area contributed by atoms with Gasteiger partial charge in [0, 0.05) is 35.8 Å². The fourth-order valence-electron chi connectivity index (χ4n) is 4.64. The Balaban J connectivity index is 1.41. The number of fused-ring (bicyclic) bond motifs is 1. The molecule has 5 rings (SSSR count). The number of methoxy groups -OCH3 is 1. The second kappa shape index (κ2) is 9.43. The summed E-state index contributed by atoms with van der Waals surface area (Å²) in [6, 6.07) is 25.3. The first-order chi connectivity index (χ1) is 16.6. The molecule has 172 valence electrons. The van der Waals surface area contributed by atoms with Gasteiger partial charge in [-0.15, -0.1) is 0 Å². The molecule has 1 aliphatic rings. The molecule has 0 aliphatic carbocycles. The van der Waals surface area contributed by atoms with Crippen LogP contribution in [0.1, 0.15) is 21.5 Å². The molecule has 2 heterocycles. The van der Waals surface area contributed by atoms with E-state index in [-0.39, 0.29) is 24.4 Å². The van der Waals surface area contributed by atoms with Crippen LogP contribution >= 0.6 is 0 Å². The van der Waals surface area contributed by atoms with Crippen LogP contribution in [-0.4, -0.2) is 52.8 Å². The van der Waals surface area contributed by atoms with Gasteiger partial charge in [0.25, 0.3) is 5.91 Å². The number of aromatic amines is 1. The molecular weight excluding hydrogens is 426 g/mol. The summed E-state index contributed by atoms with van der Waals surface area (Å²) in [5, 5.41) is 0.981. The fraction of sp³-hybridized carbons (Fsp3) is 0.214. The largest absolute Gasteiger partial charge is 0.497 e. The SMILES string of the molecule is COc1cccc(CN2C(=O)CN(C(=O)c3ccc4[nH]ccc4c3)C[C@@H]2Cc2ccccc2)c1. The van der Waals surface area contributed by atoms with Gasteiger partial charge in [-0.1, -0.05) is 42.5 Å². The summed E-state index contributed by atoms with van der Waals surface area (Å²) in [7, 11) is 1.64. The van der Waals surface area contributed by atoms with Crippen molar-refractivity contribution in [2.45, 2.75) is 19.0 Å². The quantitative estimate of drug-likeness (QED) is 0.474. The van der Waals surface area contributed by atoms with Gasteiger partial charge in [0.15, 0.2) is 0 Å². The Hall–Kier alpha value is -4.06. The monoisotopic (exact) mass is 453 g/mol. The molecule has 1 atom stereocenters. The van der Waals surface area contributed by atoms with E-state index in [4.69, 9.17) is 4.74 Å². The molecule has 0 unspecified atom stereocenters. The van der Waals surface area contributed by atoms with Gasteiger partial charge in [0.1, 0.15) is 12.3 Å². The molecule has 6 heteroatoms. The van der Waals surface area contributed by atoms with Crippen molar-refractivity contribution in [1.29, 1.82) is 0 Å². The maximum Gasteiger partial charge on any atom is 0.254 e. The molecule has 0 saturated carbocycles. The Morgan fingerprint density at radius 1 is 1.00 bits per heavy atom. The topological polar surface area (TPSA) is 65.6 Å². The minimum Gasteiger partial charge on any atom is -0.497 e. The average molecular weight is 454 g/mol. The molecule has 0 radical (unpaired) electrons. The third kappa shape index (κ3) is 4.53. The fourth-order valence-corrected chi connectivity index (χ4v) is 4.64. The molecule has 3 aromatic carbocycles. The van der Waals surface area contributed by atoms with Crippen molar-refractivity contribution in [2.24, 2.45) is 0 Å². The number of carbonyl (C=O) groups excluding carboxylic acids is 2. The van der Waals surface area contributed by atoms with Crippen LogP contribution in [0.4, 0.5) is 0 Å². The van der Waals surface area contributed by atoms with Gasteiger partial charge in [0.05, 0.1) is 13.2 Å². The molecule has 2 amide bonds. The van der Waals surface area contributed by atoms with E-state index in [0.717, 1.165) is 27.8 Å². The maximum atomic E-state index is 13.4. The zero-order valence-electron chi connectivity index (χ0n) is 19.1. The summed E-state index contributed by atoms with van der Waals surface area (Å²) in [5.41, 5.74) is 3.72. The number of nitrogens with zero attached hydrogens (tertiary/aromatic N) is 2. The molecule has 1 aliphatic heterocycles. The van der Waals surface area contributed by atoms with Gasteiger partial charge in [-0.05, 0) is 53.9 Å². The molecular formula is C28H27N3O3. The summed E-state index contributed by atoms with van der Waals surface area (Å²) in [5.74, 6) is 0.597. The molecule has 1 N–H and O–H groups in total. The first-order valence-corrected chi connectivity index (χ1v) is 11.4. The first kappa shape index (κ1) is 21.8. The van der Waals surface area contributed by atoms with Gasteiger partial charge in [-0.2, -0.15) is 0 Å². The van der Waals surface area contributed by atoms with E-state index in [1.807, 2.05) is 77.8 Å². The van der Waals surface area contributed by atoms with Crippen LogP contribution in [0.15, 0.2) is 85.1 Å². The van der Waals surface area contributed by atoms with Crippen LogP contribution in [0.25, 0.3) is 10.9 Å². The van der Waals surface area contributed by atoms with Gasteiger partial charge in [-0.25, -0.2) is 0 Å². The first-order valence-electron chi connectivity index (χ1n) is 11.4. The number of rotatable bonds is 6. The number of hydrogen-bond donors (Lipinski definition) is 1. The number of benzene rings is 3. The van der Waals surface area contributed by atoms with E-state index >= 15 is 0 Å². The van der Waals surface area contributed by atoms with Crippen molar-refractivity contribution < 1.29 is 14.3 Å². The Kier molecular flexibility index (Phi) is 6.04. The highest BCUT2D eigenvalue weighted by atomic mass is 16.5. The molecule has 6 nitrogen and oxygen atoms in total. The number of aromatic nitrogens is 1. The van der Waals surface area contributed by atoms with Crippen LogP contribution in [-0.2, 0) is 17.8 Å². The highest BCUT2D eigenvalue weighted by Crippen LogP contribution is 2.23. The number of nitrogens with one attached hydrogen (secondary N) is 1. The summed E-state index contributed by atoms with van der Waals surface area (Å²) in [6.07, 6.45) is 2.53. The van der Waals surface area contributed by atoms with Crippen LogP contribution < -0.4 is 4.74 Å². The van der Waals surface area contributed by atoms with Gasteiger partial charge >= 0.3 is 0 Å². The highest BCUT2D eigenvalue weighted by molar-refractivity contribution is 6.00. The second-order valence-electron chi connectivity index (χ2n) is 8.68. The number of carbonyl (C=O) groups is 2. The number of ether oxygens (including phenoxy) is 1. The summed E-state index contributed by atoms with van der Waals surface area (Å²) < 4.78 is 5.36. The molecule has 0 spiro atoms. The van der Waals surface area contributed by atoms with Crippen molar-refractivity contribution in [2.75, 3.05) is 20.2 Å². The lowest BCUT2D eigenvalue weighted by Crippen LogP contribution is -2.58. The Morgan fingerprint density at radius 2 is 1.82 bits per heavy atom. The van der Waals surface area contributed by atoms with Gasteiger partial charge in [-0.3, -0.25) is 9.59 Å². The summed E-state index contributed by atoms with van der Waals surface area (Å²) in [6.45, 7) is 1.03. The van der Waals surface area contributed by atoms with Crippen LogP contribution in [0, 0.1) is 0 Å². The zero-order valence-corrected chi connectivity index (χ0v) is 19.1. The third-order valence-electron chi connectivity index (χ3n) is 6.41. The third-order valence-corrected chi connectivity index (χ3v) is 6.41. The van der Waals surface area contributed by atoms with E-state index in [1.165, 1.54) is 0 Å². The maximum absolute atomic E-state index is 13.4. The van der Waals surface area contributed by atoms with Crippen molar-refractivity contribution in [1.82, 2.24) is 14.8 Å². The van der Waals surface area contributed by atoms with Crippen molar-refractivity contribution >= 4 is 22.7 Å². The van der Waals surface area contributed by atoms with E-state index < -0.39 is 0 Å². The number of amides is 2. The van der Waals surface area contributed by atoms with Crippen LogP contribution in [0.3, 0.4) is 0 Å². The minimum absolute atomic E-state index is 0.0499. The Morgan fingerprint density at radius 3 is 2.65 bits per heavy atom. The van der Waals surface area contributed by atoms with Gasteiger partial charge in [0.2, 0.25) is 5.91 Å². The lowest BCUT2D eigenvalue weighted by Gasteiger charge is -2.41. The second-order valence-corrected chi connectivity index (χ2v) is 8.68. The summed E-state index contributed by atoms with van der Waals surface area (Å²) >= 11 is 0. The van der Waals surface area contributed by atoms with E-state index in [0.29, 0.717) is 25.1 Å². The predicted molar refractivity (Wildman–Crippen MR) is 132 cm³/mol. The van der Waals surface area contributed by atoms with Crippen molar-refractivity contribution in [3.05, 3.63) is 102 Å². The number of hydrogen-bond acceptors (Lipinski definition) is 3. The van der Waals surface area contributed by atoms with Crippen LogP contribution in [0.5, 0.6) is 5.75 Å². The Labute approximate surface area is 198 Å². The zero-order chi connectivity index (χ0) is 23.5. The molecule has 1 aromatic heterocycles. The molecule has 4 aromatic rings. The summed E-state index contributed by atoms with van der Waals surface area (Å²) in [4.78, 5) is 33.5. The van der Waals surface area contributed by atoms with Crippen LogP contribution in [0.2, 0.25) is 0 Å². The normalized spacial score (nSPS) is 16.1. The minimum atomic E-state index is -0.130. The smallest absolute Gasteiger partial charge is 0.254 e. The highest BCUT2D eigenvalue weighted by Gasteiger charge is 2.35. The molecule has 1 fully saturated rings. The van der Waals surface area contributed by atoms with E-state index in [9.17, 15) is 9.59 Å². The number of piperazine rings is 1. The average Bonchev–Trinajstić information content (AvgIpc) is 3.34. The lowest BCUT2D eigenvalue weighted by molar-refractivity contribution is -0.139. The van der Waals surface area contributed by atoms with E-state index in [2.05, 4.69) is 17.1 Å². The predicted octanol–water partition coefficient (Wildman–Crippen LogP) is 4.27. The lowest BCUT2D eigenvalue weighted by atomic mass is 10.00. The van der Waals surface area contributed by atoms with Gasteiger partial charge < -0.3 is 19.5 Å². The number of H-pyrrole nitrogens is 1.